The lowest BCUT2D eigenvalue weighted by atomic mass is 9.96. The molecule has 0 aliphatic heterocycles. The van der Waals surface area contributed by atoms with E-state index in [9.17, 15) is 14.4 Å². The lowest BCUT2D eigenvalue weighted by Crippen LogP contribution is -2.47. The van der Waals surface area contributed by atoms with Crippen LogP contribution in [0.2, 0.25) is 0 Å². The Bertz CT molecular complexity index is 1070. The summed E-state index contributed by atoms with van der Waals surface area (Å²) in [6, 6.07) is 18.7. The molecule has 0 aliphatic carbocycles. The SMILES string of the molecule is CC(C)(C)C(=O)NCC(=O)NNC(=O)c1cn(-c2ccccc2)nc1-c1ccccc1. The third-order valence-corrected chi connectivity index (χ3v) is 4.43. The van der Waals surface area contributed by atoms with E-state index in [-0.39, 0.29) is 12.5 Å². The van der Waals surface area contributed by atoms with Gasteiger partial charge in [-0.3, -0.25) is 25.2 Å². The van der Waals surface area contributed by atoms with Crippen molar-refractivity contribution in [1.82, 2.24) is 25.9 Å². The zero-order valence-electron chi connectivity index (χ0n) is 17.7. The second-order valence-electron chi connectivity index (χ2n) is 7.97. The molecule has 160 valence electrons. The Morgan fingerprint density at radius 1 is 0.903 bits per heavy atom. The van der Waals surface area contributed by atoms with Crippen molar-refractivity contribution in [1.29, 1.82) is 0 Å². The molecule has 3 rings (SSSR count). The molecule has 0 atom stereocenters. The number of hydrogen-bond donors (Lipinski definition) is 3. The van der Waals surface area contributed by atoms with Crippen molar-refractivity contribution in [3.63, 3.8) is 0 Å². The van der Waals surface area contributed by atoms with Gasteiger partial charge < -0.3 is 5.32 Å². The maximum Gasteiger partial charge on any atom is 0.273 e. The van der Waals surface area contributed by atoms with Crippen molar-refractivity contribution in [3.05, 3.63) is 72.4 Å². The van der Waals surface area contributed by atoms with Crippen LogP contribution in [0, 0.1) is 5.41 Å². The lowest BCUT2D eigenvalue weighted by Gasteiger charge is -2.17. The van der Waals surface area contributed by atoms with E-state index in [0.29, 0.717) is 11.3 Å². The van der Waals surface area contributed by atoms with Crippen LogP contribution in [0.4, 0.5) is 0 Å². The fraction of sp³-hybridized carbons (Fsp3) is 0.217. The average molecular weight is 419 g/mol. The Kier molecular flexibility index (Phi) is 6.49. The molecule has 8 heteroatoms. The van der Waals surface area contributed by atoms with Gasteiger partial charge in [-0.15, -0.1) is 0 Å². The van der Waals surface area contributed by atoms with Crippen LogP contribution in [0.15, 0.2) is 66.9 Å². The van der Waals surface area contributed by atoms with Crippen LogP contribution >= 0.6 is 0 Å². The maximum absolute atomic E-state index is 12.8. The summed E-state index contributed by atoms with van der Waals surface area (Å²) in [6.07, 6.45) is 1.61. The smallest absolute Gasteiger partial charge is 0.273 e. The van der Waals surface area contributed by atoms with E-state index in [2.05, 4.69) is 21.3 Å². The van der Waals surface area contributed by atoms with Gasteiger partial charge in [-0.05, 0) is 12.1 Å². The molecule has 3 aromatic rings. The van der Waals surface area contributed by atoms with Crippen molar-refractivity contribution in [2.75, 3.05) is 6.54 Å². The highest BCUT2D eigenvalue weighted by Gasteiger charge is 2.22. The van der Waals surface area contributed by atoms with Crippen LogP contribution in [0.1, 0.15) is 31.1 Å². The summed E-state index contributed by atoms with van der Waals surface area (Å²) in [6.45, 7) is 5.00. The van der Waals surface area contributed by atoms with Gasteiger partial charge in [0.15, 0.2) is 0 Å². The second kappa shape index (κ2) is 9.25. The molecule has 0 radical (unpaired) electrons. The highest BCUT2D eigenvalue weighted by atomic mass is 16.2. The number of amides is 3. The predicted molar refractivity (Wildman–Crippen MR) is 117 cm³/mol. The van der Waals surface area contributed by atoms with E-state index < -0.39 is 17.2 Å². The average Bonchev–Trinajstić information content (AvgIpc) is 3.22. The highest BCUT2D eigenvalue weighted by Crippen LogP contribution is 2.23. The van der Waals surface area contributed by atoms with E-state index in [0.717, 1.165) is 11.3 Å². The quantitative estimate of drug-likeness (QED) is 0.553. The van der Waals surface area contributed by atoms with Gasteiger partial charge in [-0.2, -0.15) is 5.10 Å². The number of para-hydroxylation sites is 1. The Labute approximate surface area is 180 Å². The topological polar surface area (TPSA) is 105 Å². The first-order valence-corrected chi connectivity index (χ1v) is 9.83. The van der Waals surface area contributed by atoms with Crippen LogP contribution in [0.5, 0.6) is 0 Å². The summed E-state index contributed by atoms with van der Waals surface area (Å²) in [4.78, 5) is 36.7. The van der Waals surface area contributed by atoms with Crippen molar-refractivity contribution in [3.8, 4) is 16.9 Å². The van der Waals surface area contributed by atoms with Crippen molar-refractivity contribution in [2.24, 2.45) is 5.41 Å². The van der Waals surface area contributed by atoms with Gasteiger partial charge >= 0.3 is 0 Å². The molecule has 0 saturated heterocycles. The molecule has 1 aromatic heterocycles. The zero-order chi connectivity index (χ0) is 22.4. The van der Waals surface area contributed by atoms with E-state index in [1.165, 1.54) is 0 Å². The summed E-state index contributed by atoms with van der Waals surface area (Å²) in [7, 11) is 0. The number of nitrogens with one attached hydrogen (secondary N) is 3. The summed E-state index contributed by atoms with van der Waals surface area (Å²) >= 11 is 0. The fourth-order valence-corrected chi connectivity index (χ4v) is 2.73. The predicted octanol–water partition coefficient (Wildman–Crippen LogP) is 2.46. The molecule has 3 N–H and O–H groups in total. The highest BCUT2D eigenvalue weighted by molar-refractivity contribution is 6.00. The number of carbonyl (C=O) groups is 3. The fourth-order valence-electron chi connectivity index (χ4n) is 2.73. The summed E-state index contributed by atoms with van der Waals surface area (Å²) in [5.74, 6) is -1.32. The zero-order valence-corrected chi connectivity index (χ0v) is 17.7. The molecule has 0 fully saturated rings. The van der Waals surface area contributed by atoms with Crippen LogP contribution in [-0.2, 0) is 9.59 Å². The van der Waals surface area contributed by atoms with Gasteiger partial charge in [0.25, 0.3) is 11.8 Å². The Hall–Kier alpha value is -3.94. The Morgan fingerprint density at radius 3 is 2.13 bits per heavy atom. The van der Waals surface area contributed by atoms with Crippen LogP contribution < -0.4 is 16.2 Å². The Morgan fingerprint density at radius 2 is 1.52 bits per heavy atom. The molecular weight excluding hydrogens is 394 g/mol. The molecule has 0 saturated carbocycles. The van der Waals surface area contributed by atoms with Crippen LogP contribution in [0.25, 0.3) is 16.9 Å². The molecule has 1 heterocycles. The first kappa shape index (κ1) is 21.8. The monoisotopic (exact) mass is 419 g/mol. The number of hydrazine groups is 1. The van der Waals surface area contributed by atoms with Gasteiger partial charge in [-0.1, -0.05) is 69.3 Å². The number of hydrogen-bond acceptors (Lipinski definition) is 4. The minimum absolute atomic E-state index is 0.245. The van der Waals surface area contributed by atoms with E-state index in [4.69, 9.17) is 0 Å². The largest absolute Gasteiger partial charge is 0.347 e. The second-order valence-corrected chi connectivity index (χ2v) is 7.97. The number of aromatic nitrogens is 2. The third-order valence-electron chi connectivity index (χ3n) is 4.43. The molecule has 2 aromatic carbocycles. The van der Waals surface area contributed by atoms with E-state index in [1.807, 2.05) is 60.7 Å². The molecule has 8 nitrogen and oxygen atoms in total. The minimum atomic E-state index is -0.611. The number of nitrogens with zero attached hydrogens (tertiary/aromatic N) is 2. The van der Waals surface area contributed by atoms with Gasteiger partial charge in [0.2, 0.25) is 5.91 Å². The first-order chi connectivity index (χ1) is 14.8. The van der Waals surface area contributed by atoms with Crippen molar-refractivity contribution < 1.29 is 14.4 Å². The number of benzene rings is 2. The van der Waals surface area contributed by atoms with Crippen molar-refractivity contribution in [2.45, 2.75) is 20.8 Å². The summed E-state index contributed by atoms with van der Waals surface area (Å²) < 4.78 is 1.61. The Balaban J connectivity index is 1.75. The lowest BCUT2D eigenvalue weighted by molar-refractivity contribution is -0.131. The van der Waals surface area contributed by atoms with Crippen LogP contribution in [-0.4, -0.2) is 34.0 Å². The number of rotatable bonds is 5. The molecule has 0 aliphatic rings. The van der Waals surface area contributed by atoms with Gasteiger partial charge in [-0.25, -0.2) is 4.68 Å². The first-order valence-electron chi connectivity index (χ1n) is 9.83. The molecular formula is C23H25N5O3. The minimum Gasteiger partial charge on any atom is -0.347 e. The summed E-state index contributed by atoms with van der Waals surface area (Å²) in [5, 5.41) is 7.10. The molecule has 0 bridgehead atoms. The third kappa shape index (κ3) is 5.57. The molecule has 3 amide bonds. The molecule has 0 spiro atoms. The molecule has 0 unspecified atom stereocenters. The van der Waals surface area contributed by atoms with E-state index in [1.54, 1.807) is 31.6 Å². The summed E-state index contributed by atoms with van der Waals surface area (Å²) in [5.41, 5.74) is 6.46. The van der Waals surface area contributed by atoms with Crippen molar-refractivity contribution >= 4 is 17.7 Å². The number of carbonyl (C=O) groups excluding carboxylic acids is 3. The molecule has 31 heavy (non-hydrogen) atoms. The van der Waals surface area contributed by atoms with E-state index >= 15 is 0 Å². The maximum atomic E-state index is 12.8. The van der Waals surface area contributed by atoms with Gasteiger partial charge in [0.05, 0.1) is 17.8 Å². The van der Waals surface area contributed by atoms with Gasteiger partial charge in [0.1, 0.15) is 5.69 Å². The standard InChI is InChI=1S/C23H25N5O3/c1-23(2,3)22(31)24-14-19(29)25-26-21(30)18-15-28(17-12-8-5-9-13-17)27-20(18)16-10-6-4-7-11-16/h4-13,15H,14H2,1-3H3,(H,24,31)(H,25,29)(H,26,30). The normalized spacial score (nSPS) is 10.9. The van der Waals surface area contributed by atoms with Gasteiger partial charge in [0, 0.05) is 17.2 Å². The van der Waals surface area contributed by atoms with Crippen LogP contribution in [0.3, 0.4) is 0 Å².